The van der Waals surface area contributed by atoms with Crippen LogP contribution in [0.4, 0.5) is 0 Å². The Balaban J connectivity index is 2.59. The summed E-state index contributed by atoms with van der Waals surface area (Å²) in [6.45, 7) is 16.0. The monoisotopic (exact) mass is 284 g/mol. The van der Waals surface area contributed by atoms with Crippen LogP contribution < -0.4 is 5.32 Å². The molecule has 0 spiro atoms. The summed E-state index contributed by atoms with van der Waals surface area (Å²) in [4.78, 5) is 2.62. The predicted octanol–water partition coefficient (Wildman–Crippen LogP) is 3.29. The van der Waals surface area contributed by atoms with E-state index in [-0.39, 0.29) is 5.60 Å². The van der Waals surface area contributed by atoms with Crippen molar-refractivity contribution in [3.05, 3.63) is 0 Å². The zero-order valence-corrected chi connectivity index (χ0v) is 14.6. The fourth-order valence-corrected chi connectivity index (χ4v) is 3.43. The average molecular weight is 284 g/mol. The first-order valence-electron chi connectivity index (χ1n) is 8.33. The van der Waals surface area contributed by atoms with E-state index in [1.54, 1.807) is 0 Å². The molecule has 1 fully saturated rings. The third-order valence-corrected chi connectivity index (χ3v) is 4.63. The first-order valence-corrected chi connectivity index (χ1v) is 8.33. The SMILES string of the molecule is CCCC(C)(CNC(C)C)CN1CCCC(C)(OC)C1. The number of hydrogen-bond donors (Lipinski definition) is 1. The molecule has 0 aromatic heterocycles. The summed E-state index contributed by atoms with van der Waals surface area (Å²) in [6.07, 6.45) is 4.98. The molecule has 1 rings (SSSR count). The first kappa shape index (κ1) is 17.9. The van der Waals surface area contributed by atoms with Crippen molar-refractivity contribution in [2.75, 3.05) is 33.3 Å². The van der Waals surface area contributed by atoms with E-state index < -0.39 is 0 Å². The number of rotatable bonds is 8. The van der Waals surface area contributed by atoms with Crippen LogP contribution in [0.5, 0.6) is 0 Å². The Morgan fingerprint density at radius 3 is 2.65 bits per heavy atom. The first-order chi connectivity index (χ1) is 9.32. The molecule has 2 atom stereocenters. The van der Waals surface area contributed by atoms with Gasteiger partial charge in [0.1, 0.15) is 0 Å². The minimum Gasteiger partial charge on any atom is -0.377 e. The molecule has 3 nitrogen and oxygen atoms in total. The van der Waals surface area contributed by atoms with Gasteiger partial charge in [-0.1, -0.05) is 34.1 Å². The Labute approximate surface area is 126 Å². The maximum atomic E-state index is 5.72. The van der Waals surface area contributed by atoms with Crippen molar-refractivity contribution in [3.8, 4) is 0 Å². The van der Waals surface area contributed by atoms with Crippen molar-refractivity contribution < 1.29 is 4.74 Å². The number of ether oxygens (including phenoxy) is 1. The normalized spacial score (nSPS) is 27.8. The summed E-state index contributed by atoms with van der Waals surface area (Å²) < 4.78 is 5.72. The third-order valence-electron chi connectivity index (χ3n) is 4.63. The highest BCUT2D eigenvalue weighted by atomic mass is 16.5. The van der Waals surface area contributed by atoms with Crippen LogP contribution in [0.25, 0.3) is 0 Å². The molecule has 120 valence electrons. The van der Waals surface area contributed by atoms with Crippen molar-refractivity contribution in [1.82, 2.24) is 10.2 Å². The largest absolute Gasteiger partial charge is 0.377 e. The van der Waals surface area contributed by atoms with E-state index in [0.29, 0.717) is 11.5 Å². The summed E-state index contributed by atoms with van der Waals surface area (Å²) in [7, 11) is 1.86. The second-order valence-electron chi connectivity index (χ2n) is 7.56. The second kappa shape index (κ2) is 7.77. The van der Waals surface area contributed by atoms with Crippen LogP contribution in [0.1, 0.15) is 60.3 Å². The van der Waals surface area contributed by atoms with Gasteiger partial charge in [0, 0.05) is 32.8 Å². The number of piperidine rings is 1. The number of likely N-dealkylation sites (tertiary alicyclic amines) is 1. The molecule has 0 amide bonds. The van der Waals surface area contributed by atoms with Crippen LogP contribution in [0, 0.1) is 5.41 Å². The van der Waals surface area contributed by atoms with Crippen LogP contribution in [0.2, 0.25) is 0 Å². The standard InChI is InChI=1S/C17H36N2O/c1-7-9-16(4,12-18-15(2)3)13-19-11-8-10-17(5,14-19)20-6/h15,18H,7-14H2,1-6H3. The van der Waals surface area contributed by atoms with Crippen molar-refractivity contribution in [2.24, 2.45) is 5.41 Å². The van der Waals surface area contributed by atoms with Gasteiger partial charge in [0.05, 0.1) is 5.60 Å². The topological polar surface area (TPSA) is 24.5 Å². The number of nitrogens with one attached hydrogen (secondary N) is 1. The third kappa shape index (κ3) is 5.71. The Bertz CT molecular complexity index is 282. The molecule has 0 aromatic carbocycles. The fraction of sp³-hybridized carbons (Fsp3) is 1.00. The van der Waals surface area contributed by atoms with Crippen molar-refractivity contribution in [3.63, 3.8) is 0 Å². The minimum atomic E-state index is 0.0524. The van der Waals surface area contributed by atoms with Gasteiger partial charge in [0.2, 0.25) is 0 Å². The minimum absolute atomic E-state index is 0.0524. The van der Waals surface area contributed by atoms with E-state index >= 15 is 0 Å². The van der Waals surface area contributed by atoms with Gasteiger partial charge in [-0.15, -0.1) is 0 Å². The van der Waals surface area contributed by atoms with Gasteiger partial charge < -0.3 is 10.1 Å². The molecular formula is C17H36N2O. The number of hydrogen-bond acceptors (Lipinski definition) is 3. The fourth-order valence-electron chi connectivity index (χ4n) is 3.43. The summed E-state index contributed by atoms with van der Waals surface area (Å²) in [5, 5.41) is 3.64. The predicted molar refractivity (Wildman–Crippen MR) is 87.2 cm³/mol. The molecule has 1 heterocycles. The molecule has 0 saturated carbocycles. The quantitative estimate of drug-likeness (QED) is 0.740. The van der Waals surface area contributed by atoms with E-state index in [4.69, 9.17) is 4.74 Å². The average Bonchev–Trinajstić information content (AvgIpc) is 2.37. The van der Waals surface area contributed by atoms with Gasteiger partial charge in [-0.25, -0.2) is 0 Å². The molecule has 20 heavy (non-hydrogen) atoms. The molecule has 3 heteroatoms. The smallest absolute Gasteiger partial charge is 0.0777 e. The zero-order chi connectivity index (χ0) is 15.2. The Hall–Kier alpha value is -0.120. The van der Waals surface area contributed by atoms with E-state index in [2.05, 4.69) is 44.8 Å². The lowest BCUT2D eigenvalue weighted by Gasteiger charge is -2.43. The molecule has 0 radical (unpaired) electrons. The summed E-state index contributed by atoms with van der Waals surface area (Å²) in [6, 6.07) is 0.566. The van der Waals surface area contributed by atoms with Crippen LogP contribution in [0.15, 0.2) is 0 Å². The maximum Gasteiger partial charge on any atom is 0.0777 e. The molecule has 2 unspecified atom stereocenters. The highest BCUT2D eigenvalue weighted by molar-refractivity contribution is 4.89. The number of nitrogens with zero attached hydrogens (tertiary/aromatic N) is 1. The lowest BCUT2D eigenvalue weighted by molar-refractivity contribution is -0.0589. The van der Waals surface area contributed by atoms with E-state index in [0.717, 1.165) is 13.1 Å². The summed E-state index contributed by atoms with van der Waals surface area (Å²) in [5.41, 5.74) is 0.419. The Kier molecular flexibility index (Phi) is 6.96. The van der Waals surface area contributed by atoms with Gasteiger partial charge in [-0.3, -0.25) is 4.90 Å². The van der Waals surface area contributed by atoms with Crippen LogP contribution in [-0.4, -0.2) is 49.8 Å². The molecule has 0 bridgehead atoms. The maximum absolute atomic E-state index is 5.72. The number of methoxy groups -OCH3 is 1. The van der Waals surface area contributed by atoms with Crippen molar-refractivity contribution in [2.45, 2.75) is 71.9 Å². The van der Waals surface area contributed by atoms with Crippen LogP contribution in [-0.2, 0) is 4.74 Å². The Morgan fingerprint density at radius 2 is 2.10 bits per heavy atom. The second-order valence-corrected chi connectivity index (χ2v) is 7.56. The van der Waals surface area contributed by atoms with Crippen molar-refractivity contribution >= 4 is 0 Å². The Morgan fingerprint density at radius 1 is 1.40 bits per heavy atom. The molecule has 0 aliphatic carbocycles. The summed E-state index contributed by atoms with van der Waals surface area (Å²) in [5.74, 6) is 0. The van der Waals surface area contributed by atoms with Crippen LogP contribution in [0.3, 0.4) is 0 Å². The summed E-state index contributed by atoms with van der Waals surface area (Å²) >= 11 is 0. The lowest BCUT2D eigenvalue weighted by Crippen LogP contribution is -2.52. The highest BCUT2D eigenvalue weighted by Gasteiger charge is 2.34. The molecule has 0 aromatic rings. The van der Waals surface area contributed by atoms with Gasteiger partial charge in [-0.2, -0.15) is 0 Å². The van der Waals surface area contributed by atoms with Gasteiger partial charge >= 0.3 is 0 Å². The van der Waals surface area contributed by atoms with Gasteiger partial charge in [-0.05, 0) is 38.1 Å². The zero-order valence-electron chi connectivity index (χ0n) is 14.6. The highest BCUT2D eigenvalue weighted by Crippen LogP contribution is 2.29. The van der Waals surface area contributed by atoms with Crippen LogP contribution >= 0.6 is 0 Å². The van der Waals surface area contributed by atoms with Gasteiger partial charge in [0.25, 0.3) is 0 Å². The molecule has 1 aliphatic heterocycles. The molecular weight excluding hydrogens is 248 g/mol. The lowest BCUT2D eigenvalue weighted by atomic mass is 9.83. The molecule has 1 N–H and O–H groups in total. The van der Waals surface area contributed by atoms with Crippen molar-refractivity contribution in [1.29, 1.82) is 0 Å². The molecule has 1 aliphatic rings. The van der Waals surface area contributed by atoms with E-state index in [9.17, 15) is 0 Å². The van der Waals surface area contributed by atoms with Gasteiger partial charge in [0.15, 0.2) is 0 Å². The molecule has 1 saturated heterocycles. The van der Waals surface area contributed by atoms with E-state index in [1.807, 2.05) is 7.11 Å². The van der Waals surface area contributed by atoms with E-state index in [1.165, 1.54) is 38.8 Å².